The van der Waals surface area contributed by atoms with E-state index in [0.717, 1.165) is 5.56 Å². The SMILES string of the molecule is COc1cc(CNc2ncnc(NCCOc3ccccc3)c2[N+](=O)[O-])cc(OC)c1OC. The lowest BCUT2D eigenvalue weighted by molar-refractivity contribution is -0.383. The molecule has 0 saturated heterocycles. The van der Waals surface area contributed by atoms with Crippen LogP contribution in [0.25, 0.3) is 0 Å². The van der Waals surface area contributed by atoms with E-state index >= 15 is 0 Å². The van der Waals surface area contributed by atoms with E-state index in [4.69, 9.17) is 18.9 Å². The molecule has 1 heterocycles. The lowest BCUT2D eigenvalue weighted by atomic mass is 10.1. The Labute approximate surface area is 190 Å². The number of methoxy groups -OCH3 is 3. The minimum Gasteiger partial charge on any atom is -0.493 e. The Bertz CT molecular complexity index is 1060. The van der Waals surface area contributed by atoms with E-state index in [-0.39, 0.29) is 23.9 Å². The van der Waals surface area contributed by atoms with Crippen LogP contribution in [0.4, 0.5) is 17.3 Å². The number of hydrogen-bond donors (Lipinski definition) is 2. The van der Waals surface area contributed by atoms with Gasteiger partial charge < -0.3 is 29.6 Å². The first kappa shape index (κ1) is 23.4. The summed E-state index contributed by atoms with van der Waals surface area (Å²) in [4.78, 5) is 19.3. The van der Waals surface area contributed by atoms with Gasteiger partial charge in [0, 0.05) is 6.54 Å². The summed E-state index contributed by atoms with van der Waals surface area (Å²) in [6.45, 7) is 0.851. The topological polar surface area (TPSA) is 130 Å². The van der Waals surface area contributed by atoms with Crippen molar-refractivity contribution in [1.29, 1.82) is 0 Å². The van der Waals surface area contributed by atoms with Crippen LogP contribution in [-0.4, -0.2) is 49.4 Å². The number of rotatable bonds is 12. The van der Waals surface area contributed by atoms with Gasteiger partial charge in [0.2, 0.25) is 17.4 Å². The fourth-order valence-corrected chi connectivity index (χ4v) is 3.09. The van der Waals surface area contributed by atoms with Gasteiger partial charge in [-0.25, -0.2) is 9.97 Å². The monoisotopic (exact) mass is 455 g/mol. The standard InChI is InChI=1S/C22H25N5O6/c1-30-17-11-15(12-18(31-2)20(17)32-3)13-24-22-19(27(28)29)21(25-14-26-22)23-9-10-33-16-7-5-4-6-8-16/h4-8,11-12,14H,9-10,13H2,1-3H3,(H2,23,24,25,26). The maximum atomic E-state index is 11.8. The number of anilines is 2. The molecule has 11 heteroatoms. The molecule has 0 spiro atoms. The Hall–Kier alpha value is -4.28. The number of aromatic nitrogens is 2. The van der Waals surface area contributed by atoms with Gasteiger partial charge in [-0.3, -0.25) is 10.1 Å². The summed E-state index contributed by atoms with van der Waals surface area (Å²) in [6.07, 6.45) is 1.25. The molecule has 1 aromatic heterocycles. The first-order valence-corrected chi connectivity index (χ1v) is 10.0. The lowest BCUT2D eigenvalue weighted by Gasteiger charge is -2.15. The molecule has 3 aromatic rings. The number of nitro groups is 1. The van der Waals surface area contributed by atoms with Crippen LogP contribution in [0.1, 0.15) is 5.56 Å². The smallest absolute Gasteiger partial charge is 0.353 e. The summed E-state index contributed by atoms with van der Waals surface area (Å²) in [5, 5.41) is 17.7. The molecule has 0 aliphatic carbocycles. The van der Waals surface area contributed by atoms with Crippen LogP contribution in [0.3, 0.4) is 0 Å². The highest BCUT2D eigenvalue weighted by Crippen LogP contribution is 2.38. The summed E-state index contributed by atoms with van der Waals surface area (Å²) in [6, 6.07) is 12.8. The molecule has 0 amide bonds. The van der Waals surface area contributed by atoms with Gasteiger partial charge >= 0.3 is 5.69 Å². The largest absolute Gasteiger partial charge is 0.493 e. The number of hydrogen-bond acceptors (Lipinski definition) is 10. The highest BCUT2D eigenvalue weighted by molar-refractivity contribution is 5.69. The maximum absolute atomic E-state index is 11.8. The molecular formula is C22H25N5O6. The molecule has 0 radical (unpaired) electrons. The summed E-state index contributed by atoms with van der Waals surface area (Å²) >= 11 is 0. The van der Waals surface area contributed by atoms with Crippen LogP contribution in [-0.2, 0) is 6.54 Å². The molecule has 0 aliphatic heterocycles. The van der Waals surface area contributed by atoms with E-state index in [9.17, 15) is 10.1 Å². The van der Waals surface area contributed by atoms with Crippen LogP contribution >= 0.6 is 0 Å². The number of ether oxygens (including phenoxy) is 4. The van der Waals surface area contributed by atoms with Crippen LogP contribution < -0.4 is 29.6 Å². The van der Waals surface area contributed by atoms with Crippen molar-refractivity contribution in [2.24, 2.45) is 0 Å². The summed E-state index contributed by atoms with van der Waals surface area (Å²) in [5.74, 6) is 2.30. The zero-order valence-corrected chi connectivity index (χ0v) is 18.5. The van der Waals surface area contributed by atoms with Crippen LogP contribution in [0.5, 0.6) is 23.0 Å². The molecule has 2 N–H and O–H groups in total. The Morgan fingerprint density at radius 2 is 1.58 bits per heavy atom. The summed E-state index contributed by atoms with van der Waals surface area (Å²) in [7, 11) is 4.55. The van der Waals surface area contributed by atoms with Crippen molar-refractivity contribution < 1.29 is 23.9 Å². The molecule has 33 heavy (non-hydrogen) atoms. The molecule has 0 aliphatic rings. The van der Waals surface area contributed by atoms with Gasteiger partial charge in [-0.15, -0.1) is 0 Å². The molecule has 3 rings (SSSR count). The number of benzene rings is 2. The van der Waals surface area contributed by atoms with E-state index < -0.39 is 4.92 Å². The molecule has 0 bridgehead atoms. The second kappa shape index (κ2) is 11.4. The second-order valence-electron chi connectivity index (χ2n) is 6.65. The molecule has 0 fully saturated rings. The van der Waals surface area contributed by atoms with E-state index in [1.165, 1.54) is 27.7 Å². The summed E-state index contributed by atoms with van der Waals surface area (Å²) in [5.41, 5.74) is 0.493. The third kappa shape index (κ3) is 5.91. The van der Waals surface area contributed by atoms with Crippen LogP contribution in [0, 0.1) is 10.1 Å². The Morgan fingerprint density at radius 3 is 2.15 bits per heavy atom. The number of nitrogens with zero attached hydrogens (tertiary/aromatic N) is 3. The number of nitrogens with one attached hydrogen (secondary N) is 2. The molecule has 0 saturated carbocycles. The maximum Gasteiger partial charge on any atom is 0.353 e. The van der Waals surface area contributed by atoms with Gasteiger partial charge in [0.15, 0.2) is 11.5 Å². The average molecular weight is 455 g/mol. The highest BCUT2D eigenvalue weighted by atomic mass is 16.6. The van der Waals surface area contributed by atoms with Gasteiger partial charge in [-0.05, 0) is 29.8 Å². The van der Waals surface area contributed by atoms with Crippen molar-refractivity contribution >= 4 is 17.3 Å². The first-order chi connectivity index (χ1) is 16.1. The Kier molecular flexibility index (Phi) is 8.06. The van der Waals surface area contributed by atoms with Crippen molar-refractivity contribution in [1.82, 2.24) is 9.97 Å². The second-order valence-corrected chi connectivity index (χ2v) is 6.65. The molecule has 0 unspecified atom stereocenters. The van der Waals surface area contributed by atoms with Crippen molar-refractivity contribution in [2.75, 3.05) is 45.1 Å². The van der Waals surface area contributed by atoms with Crippen LogP contribution in [0.2, 0.25) is 0 Å². The first-order valence-electron chi connectivity index (χ1n) is 10.0. The van der Waals surface area contributed by atoms with E-state index in [1.807, 2.05) is 30.3 Å². The van der Waals surface area contributed by atoms with E-state index in [1.54, 1.807) is 12.1 Å². The van der Waals surface area contributed by atoms with Crippen LogP contribution in [0.15, 0.2) is 48.8 Å². The van der Waals surface area contributed by atoms with E-state index in [2.05, 4.69) is 20.6 Å². The van der Waals surface area contributed by atoms with Crippen molar-refractivity contribution in [2.45, 2.75) is 6.54 Å². The van der Waals surface area contributed by atoms with Crippen molar-refractivity contribution in [3.8, 4) is 23.0 Å². The fraction of sp³-hybridized carbons (Fsp3) is 0.273. The van der Waals surface area contributed by atoms with Gasteiger partial charge in [-0.1, -0.05) is 18.2 Å². The molecule has 174 valence electrons. The number of para-hydroxylation sites is 1. The van der Waals surface area contributed by atoms with Gasteiger partial charge in [-0.2, -0.15) is 0 Å². The molecular weight excluding hydrogens is 430 g/mol. The average Bonchev–Trinajstić information content (AvgIpc) is 2.85. The highest BCUT2D eigenvalue weighted by Gasteiger charge is 2.23. The molecule has 11 nitrogen and oxygen atoms in total. The fourth-order valence-electron chi connectivity index (χ4n) is 3.09. The minimum absolute atomic E-state index is 0.0789. The Morgan fingerprint density at radius 1 is 0.939 bits per heavy atom. The van der Waals surface area contributed by atoms with Crippen molar-refractivity contribution in [3.05, 3.63) is 64.5 Å². The third-order valence-corrected chi connectivity index (χ3v) is 4.60. The predicted molar refractivity (Wildman–Crippen MR) is 123 cm³/mol. The van der Waals surface area contributed by atoms with Crippen molar-refractivity contribution in [3.63, 3.8) is 0 Å². The predicted octanol–water partition coefficient (Wildman–Crippen LogP) is 3.51. The zero-order valence-electron chi connectivity index (χ0n) is 18.5. The normalized spacial score (nSPS) is 10.3. The quantitative estimate of drug-likeness (QED) is 0.238. The lowest BCUT2D eigenvalue weighted by Crippen LogP contribution is -2.15. The molecule has 2 aromatic carbocycles. The third-order valence-electron chi connectivity index (χ3n) is 4.60. The molecule has 0 atom stereocenters. The summed E-state index contributed by atoms with van der Waals surface area (Å²) < 4.78 is 21.6. The van der Waals surface area contributed by atoms with Gasteiger partial charge in [0.1, 0.15) is 18.7 Å². The minimum atomic E-state index is -0.530. The van der Waals surface area contributed by atoms with Gasteiger partial charge in [0.25, 0.3) is 0 Å². The Balaban J connectivity index is 1.71. The van der Waals surface area contributed by atoms with E-state index in [0.29, 0.717) is 36.1 Å². The zero-order chi connectivity index (χ0) is 23.6. The van der Waals surface area contributed by atoms with Gasteiger partial charge in [0.05, 0.1) is 32.8 Å².